The molecular weight excluding hydrogens is 279 g/mol. The van der Waals surface area contributed by atoms with Crippen LogP contribution < -0.4 is 0 Å². The first-order valence-electron chi connectivity index (χ1n) is 6.90. The third kappa shape index (κ3) is 2.36. The van der Waals surface area contributed by atoms with Gasteiger partial charge in [0.05, 0.1) is 16.4 Å². The first-order chi connectivity index (χ1) is 9.20. The molecule has 1 aliphatic rings. The number of alkyl halides is 1. The largest absolute Gasteiger partial charge is 0.327 e. The van der Waals surface area contributed by atoms with E-state index < -0.39 is 0 Å². The molecular formula is C15H18Cl2N2. The second-order valence-corrected chi connectivity index (χ2v) is 6.22. The van der Waals surface area contributed by atoms with Gasteiger partial charge >= 0.3 is 0 Å². The molecule has 0 saturated heterocycles. The Balaban J connectivity index is 2.03. The van der Waals surface area contributed by atoms with Crippen molar-refractivity contribution in [2.45, 2.75) is 38.6 Å². The molecule has 1 aromatic heterocycles. The highest BCUT2D eigenvalue weighted by atomic mass is 35.5. The van der Waals surface area contributed by atoms with E-state index in [1.54, 1.807) is 0 Å². The number of fused-ring (bicyclic) bond motifs is 1. The molecule has 2 unspecified atom stereocenters. The smallest absolute Gasteiger partial charge is 0.124 e. The van der Waals surface area contributed by atoms with Gasteiger partial charge in [-0.1, -0.05) is 37.4 Å². The number of nitrogens with zero attached hydrogens (tertiary/aromatic N) is 2. The molecule has 2 aromatic rings. The van der Waals surface area contributed by atoms with Gasteiger partial charge in [-0.25, -0.2) is 4.98 Å². The number of para-hydroxylation sites is 1. The molecule has 0 bridgehead atoms. The van der Waals surface area contributed by atoms with E-state index in [0.29, 0.717) is 10.9 Å². The fraction of sp³-hybridized carbons (Fsp3) is 0.533. The molecule has 0 N–H and O–H groups in total. The van der Waals surface area contributed by atoms with Crippen molar-refractivity contribution in [1.82, 2.24) is 9.55 Å². The lowest BCUT2D eigenvalue weighted by molar-refractivity contribution is 0.364. The van der Waals surface area contributed by atoms with Crippen LogP contribution in [0.4, 0.5) is 0 Å². The molecule has 3 rings (SSSR count). The van der Waals surface area contributed by atoms with Crippen molar-refractivity contribution in [2.24, 2.45) is 11.8 Å². The van der Waals surface area contributed by atoms with E-state index in [0.717, 1.165) is 35.2 Å². The summed E-state index contributed by atoms with van der Waals surface area (Å²) < 4.78 is 2.26. The molecule has 1 aromatic carbocycles. The van der Waals surface area contributed by atoms with Crippen molar-refractivity contribution in [1.29, 1.82) is 0 Å². The monoisotopic (exact) mass is 296 g/mol. The zero-order chi connectivity index (χ0) is 13.4. The van der Waals surface area contributed by atoms with Crippen LogP contribution in [0, 0.1) is 11.8 Å². The van der Waals surface area contributed by atoms with Crippen molar-refractivity contribution in [3.63, 3.8) is 0 Å². The number of rotatable bonds is 3. The van der Waals surface area contributed by atoms with Crippen LogP contribution in [-0.2, 0) is 12.4 Å². The van der Waals surface area contributed by atoms with Gasteiger partial charge in [0.15, 0.2) is 0 Å². The summed E-state index contributed by atoms with van der Waals surface area (Å²) in [7, 11) is 0. The van der Waals surface area contributed by atoms with E-state index in [1.807, 2.05) is 12.1 Å². The minimum atomic E-state index is 0.437. The maximum absolute atomic E-state index is 6.23. The van der Waals surface area contributed by atoms with Gasteiger partial charge in [-0.05, 0) is 30.4 Å². The average Bonchev–Trinajstić information content (AvgIpc) is 2.96. The summed E-state index contributed by atoms with van der Waals surface area (Å²) in [5.41, 5.74) is 1.99. The van der Waals surface area contributed by atoms with Crippen molar-refractivity contribution in [3.8, 4) is 0 Å². The van der Waals surface area contributed by atoms with Crippen LogP contribution in [-0.4, -0.2) is 9.55 Å². The van der Waals surface area contributed by atoms with Crippen molar-refractivity contribution in [3.05, 3.63) is 29.0 Å². The first kappa shape index (κ1) is 13.3. The van der Waals surface area contributed by atoms with Crippen LogP contribution in [0.1, 0.15) is 32.0 Å². The predicted octanol–water partition coefficient (Wildman–Crippen LogP) is 4.86. The Morgan fingerprint density at radius 3 is 2.89 bits per heavy atom. The molecule has 0 aliphatic heterocycles. The standard InChI is InChI=1S/C15H18Cl2N2/c1-10-4-2-5-11(10)9-19-13-7-3-6-12(17)15(13)18-14(19)8-16/h3,6-7,10-11H,2,4-5,8-9H2,1H3. The number of imidazole rings is 1. The highest BCUT2D eigenvalue weighted by molar-refractivity contribution is 6.35. The Bertz CT molecular complexity index is 591. The highest BCUT2D eigenvalue weighted by Crippen LogP contribution is 2.34. The van der Waals surface area contributed by atoms with Crippen molar-refractivity contribution < 1.29 is 0 Å². The molecule has 1 heterocycles. The second-order valence-electron chi connectivity index (χ2n) is 5.55. The Morgan fingerprint density at radius 1 is 1.37 bits per heavy atom. The van der Waals surface area contributed by atoms with Gasteiger partial charge in [0.25, 0.3) is 0 Å². The number of halogens is 2. The quantitative estimate of drug-likeness (QED) is 0.739. The van der Waals surface area contributed by atoms with Crippen LogP contribution in [0.5, 0.6) is 0 Å². The van der Waals surface area contributed by atoms with E-state index in [9.17, 15) is 0 Å². The van der Waals surface area contributed by atoms with Crippen LogP contribution in [0.25, 0.3) is 11.0 Å². The molecule has 0 radical (unpaired) electrons. The van der Waals surface area contributed by atoms with Gasteiger partial charge < -0.3 is 4.57 Å². The summed E-state index contributed by atoms with van der Waals surface area (Å²) in [6.45, 7) is 3.37. The van der Waals surface area contributed by atoms with Gasteiger partial charge in [-0.15, -0.1) is 11.6 Å². The zero-order valence-electron chi connectivity index (χ0n) is 11.1. The van der Waals surface area contributed by atoms with Crippen molar-refractivity contribution >= 4 is 34.2 Å². The molecule has 1 saturated carbocycles. The predicted molar refractivity (Wildman–Crippen MR) is 80.8 cm³/mol. The van der Waals surface area contributed by atoms with Crippen LogP contribution in [0.2, 0.25) is 5.02 Å². The Hall–Kier alpha value is -0.730. The average molecular weight is 297 g/mol. The molecule has 0 spiro atoms. The van der Waals surface area contributed by atoms with E-state index in [2.05, 4.69) is 22.5 Å². The first-order valence-corrected chi connectivity index (χ1v) is 7.81. The molecule has 102 valence electrons. The Labute approximate surface area is 123 Å². The molecule has 19 heavy (non-hydrogen) atoms. The molecule has 1 aliphatic carbocycles. The maximum atomic E-state index is 6.23. The summed E-state index contributed by atoms with van der Waals surface area (Å²) in [6.07, 6.45) is 3.99. The Morgan fingerprint density at radius 2 is 2.21 bits per heavy atom. The van der Waals surface area contributed by atoms with Gasteiger partial charge in [-0.3, -0.25) is 0 Å². The fourth-order valence-electron chi connectivity index (χ4n) is 3.19. The molecule has 0 amide bonds. The molecule has 2 nitrogen and oxygen atoms in total. The minimum absolute atomic E-state index is 0.437. The number of benzene rings is 1. The van der Waals surface area contributed by atoms with E-state index in [-0.39, 0.29) is 0 Å². The normalized spacial score (nSPS) is 23.3. The Kier molecular flexibility index (Phi) is 3.72. The summed E-state index contributed by atoms with van der Waals surface area (Å²) >= 11 is 12.3. The van der Waals surface area contributed by atoms with Gasteiger partial charge in [0.2, 0.25) is 0 Å². The number of hydrogen-bond acceptors (Lipinski definition) is 1. The summed E-state index contributed by atoms with van der Waals surface area (Å²) in [5.74, 6) is 2.90. The summed E-state index contributed by atoms with van der Waals surface area (Å²) in [4.78, 5) is 4.60. The van der Waals surface area contributed by atoms with E-state index in [1.165, 1.54) is 19.3 Å². The number of hydrogen-bond donors (Lipinski definition) is 0. The van der Waals surface area contributed by atoms with E-state index >= 15 is 0 Å². The second kappa shape index (κ2) is 5.34. The van der Waals surface area contributed by atoms with Gasteiger partial charge in [0, 0.05) is 6.54 Å². The molecule has 4 heteroatoms. The maximum Gasteiger partial charge on any atom is 0.124 e. The highest BCUT2D eigenvalue weighted by Gasteiger charge is 2.25. The van der Waals surface area contributed by atoms with Crippen LogP contribution >= 0.6 is 23.2 Å². The molecule has 2 atom stereocenters. The third-order valence-electron chi connectivity index (χ3n) is 4.38. The number of aromatic nitrogens is 2. The third-order valence-corrected chi connectivity index (χ3v) is 4.93. The zero-order valence-corrected chi connectivity index (χ0v) is 12.6. The lowest BCUT2D eigenvalue weighted by atomic mass is 9.98. The lowest BCUT2D eigenvalue weighted by Crippen LogP contribution is -2.14. The van der Waals surface area contributed by atoms with Gasteiger partial charge in [-0.2, -0.15) is 0 Å². The topological polar surface area (TPSA) is 17.8 Å². The van der Waals surface area contributed by atoms with Crippen LogP contribution in [0.15, 0.2) is 18.2 Å². The van der Waals surface area contributed by atoms with Crippen molar-refractivity contribution in [2.75, 3.05) is 0 Å². The minimum Gasteiger partial charge on any atom is -0.327 e. The summed E-state index contributed by atoms with van der Waals surface area (Å²) in [6, 6.07) is 5.96. The fourth-order valence-corrected chi connectivity index (χ4v) is 3.61. The van der Waals surface area contributed by atoms with Crippen LogP contribution in [0.3, 0.4) is 0 Å². The van der Waals surface area contributed by atoms with Gasteiger partial charge in [0.1, 0.15) is 11.3 Å². The van der Waals surface area contributed by atoms with E-state index in [4.69, 9.17) is 23.2 Å². The SMILES string of the molecule is CC1CCCC1Cn1c(CCl)nc2c(Cl)cccc21. The molecule has 1 fully saturated rings. The summed E-state index contributed by atoms with van der Waals surface area (Å²) in [5, 5.41) is 0.710. The lowest BCUT2D eigenvalue weighted by Gasteiger charge is -2.18.